The van der Waals surface area contributed by atoms with E-state index in [-0.39, 0.29) is 11.9 Å². The van der Waals surface area contributed by atoms with Crippen LogP contribution in [-0.2, 0) is 4.79 Å². The number of nitrogens with one attached hydrogen (secondary N) is 1. The third-order valence-electron chi connectivity index (χ3n) is 4.11. The lowest BCUT2D eigenvalue weighted by Crippen LogP contribution is -2.44. The molecule has 1 unspecified atom stereocenters. The summed E-state index contributed by atoms with van der Waals surface area (Å²) in [6.07, 6.45) is 5.89. The van der Waals surface area contributed by atoms with E-state index in [1.165, 1.54) is 0 Å². The highest BCUT2D eigenvalue weighted by Gasteiger charge is 2.23. The number of hydrogen-bond donors (Lipinski definition) is 2. The highest BCUT2D eigenvalue weighted by molar-refractivity contribution is 5.78. The van der Waals surface area contributed by atoms with Crippen molar-refractivity contribution < 1.29 is 9.21 Å². The van der Waals surface area contributed by atoms with E-state index < -0.39 is 0 Å². The zero-order valence-corrected chi connectivity index (χ0v) is 12.3. The topological polar surface area (TPSA) is 71.5 Å². The average Bonchev–Trinajstić information content (AvgIpc) is 2.93. The lowest BCUT2D eigenvalue weighted by atomic mass is 9.91. The van der Waals surface area contributed by atoms with Gasteiger partial charge in [-0.1, -0.05) is 0 Å². The molecular weight excluding hydrogens is 254 g/mol. The number of likely N-dealkylation sites (N-methyl/N-ethyl adjacent to an activating group) is 1. The van der Waals surface area contributed by atoms with Gasteiger partial charge < -0.3 is 15.5 Å². The van der Waals surface area contributed by atoms with Crippen molar-refractivity contribution in [2.24, 2.45) is 5.73 Å². The van der Waals surface area contributed by atoms with E-state index in [0.717, 1.165) is 31.4 Å². The van der Waals surface area contributed by atoms with Crippen LogP contribution < -0.4 is 11.1 Å². The van der Waals surface area contributed by atoms with E-state index in [2.05, 4.69) is 10.2 Å². The van der Waals surface area contributed by atoms with Crippen LogP contribution in [-0.4, -0.2) is 36.5 Å². The molecule has 3 N–H and O–H groups in total. The van der Waals surface area contributed by atoms with Crippen LogP contribution in [0.3, 0.4) is 0 Å². The van der Waals surface area contributed by atoms with Crippen molar-refractivity contribution in [3.63, 3.8) is 0 Å². The van der Waals surface area contributed by atoms with Crippen LogP contribution in [0, 0.1) is 0 Å². The van der Waals surface area contributed by atoms with Gasteiger partial charge in [-0.05, 0) is 51.8 Å². The number of carbonyl (C=O) groups excluding carboxylic acids is 1. The van der Waals surface area contributed by atoms with Gasteiger partial charge in [0.2, 0.25) is 5.91 Å². The number of nitrogens with zero attached hydrogens (tertiary/aromatic N) is 1. The van der Waals surface area contributed by atoms with Crippen LogP contribution in [0.2, 0.25) is 0 Å². The van der Waals surface area contributed by atoms with Crippen molar-refractivity contribution in [2.45, 2.75) is 50.7 Å². The quantitative estimate of drug-likeness (QED) is 0.860. The minimum atomic E-state index is -0.0920. The van der Waals surface area contributed by atoms with Crippen molar-refractivity contribution >= 4 is 5.91 Å². The van der Waals surface area contributed by atoms with Crippen molar-refractivity contribution in [1.29, 1.82) is 0 Å². The molecule has 0 spiro atoms. The second kappa shape index (κ2) is 6.90. The van der Waals surface area contributed by atoms with Crippen LogP contribution in [0.5, 0.6) is 0 Å². The van der Waals surface area contributed by atoms with Crippen LogP contribution in [0.25, 0.3) is 0 Å². The van der Waals surface area contributed by atoms with Crippen LogP contribution in [0.15, 0.2) is 22.8 Å². The molecule has 0 radical (unpaired) electrons. The van der Waals surface area contributed by atoms with Gasteiger partial charge in [-0.3, -0.25) is 9.69 Å². The van der Waals surface area contributed by atoms with E-state index in [4.69, 9.17) is 10.2 Å². The number of furan rings is 1. The van der Waals surface area contributed by atoms with Crippen molar-refractivity contribution in [3.05, 3.63) is 24.2 Å². The van der Waals surface area contributed by atoms with Crippen LogP contribution >= 0.6 is 0 Å². The first-order chi connectivity index (χ1) is 9.56. The maximum atomic E-state index is 12.0. The predicted molar refractivity (Wildman–Crippen MR) is 78.1 cm³/mol. The maximum absolute atomic E-state index is 12.0. The third-order valence-corrected chi connectivity index (χ3v) is 4.11. The Hall–Kier alpha value is -1.33. The van der Waals surface area contributed by atoms with Gasteiger partial charge in [0.25, 0.3) is 0 Å². The van der Waals surface area contributed by atoms with Gasteiger partial charge in [-0.15, -0.1) is 0 Å². The molecule has 1 heterocycles. The Labute approximate surface area is 120 Å². The second-order valence-electron chi connectivity index (χ2n) is 5.79. The standard InChI is InChI=1S/C15H25N3O2/c1-11(14-4-3-9-20-14)17-15(19)10-18(2)13-7-5-12(16)6-8-13/h3-4,9,11-13H,5-8,10,16H2,1-2H3,(H,17,19). The predicted octanol–water partition coefficient (Wildman–Crippen LogP) is 1.66. The maximum Gasteiger partial charge on any atom is 0.234 e. The lowest BCUT2D eigenvalue weighted by Gasteiger charge is -2.33. The summed E-state index contributed by atoms with van der Waals surface area (Å²) in [5.41, 5.74) is 5.91. The van der Waals surface area contributed by atoms with Gasteiger partial charge in [0.05, 0.1) is 18.8 Å². The summed E-state index contributed by atoms with van der Waals surface area (Å²) in [7, 11) is 2.01. The molecule has 0 saturated heterocycles. The van der Waals surface area contributed by atoms with Gasteiger partial charge >= 0.3 is 0 Å². The molecule has 112 valence electrons. The molecule has 1 aromatic heterocycles. The van der Waals surface area contributed by atoms with Crippen molar-refractivity contribution in [2.75, 3.05) is 13.6 Å². The van der Waals surface area contributed by atoms with Gasteiger partial charge in [-0.2, -0.15) is 0 Å². The van der Waals surface area contributed by atoms with E-state index in [1.807, 2.05) is 26.1 Å². The molecule has 0 aromatic carbocycles. The molecule has 20 heavy (non-hydrogen) atoms. The van der Waals surface area contributed by atoms with Gasteiger partial charge in [-0.25, -0.2) is 0 Å². The Morgan fingerprint density at radius 3 is 2.80 bits per heavy atom. The molecule has 1 fully saturated rings. The van der Waals surface area contributed by atoms with Crippen LogP contribution in [0.1, 0.15) is 44.4 Å². The van der Waals surface area contributed by atoms with E-state index in [9.17, 15) is 4.79 Å². The van der Waals surface area contributed by atoms with E-state index in [1.54, 1.807) is 6.26 Å². The van der Waals surface area contributed by atoms with Crippen molar-refractivity contribution in [3.8, 4) is 0 Å². The summed E-state index contributed by atoms with van der Waals surface area (Å²) in [4.78, 5) is 14.2. The SMILES string of the molecule is CC(NC(=O)CN(C)C1CCC(N)CC1)c1ccco1. The zero-order chi connectivity index (χ0) is 14.5. The lowest BCUT2D eigenvalue weighted by molar-refractivity contribution is -0.123. The number of nitrogens with two attached hydrogens (primary N) is 1. The summed E-state index contributed by atoms with van der Waals surface area (Å²) in [6, 6.07) is 4.42. The van der Waals surface area contributed by atoms with Crippen molar-refractivity contribution in [1.82, 2.24) is 10.2 Å². The minimum Gasteiger partial charge on any atom is -0.467 e. The first-order valence-electron chi connectivity index (χ1n) is 7.35. The first-order valence-corrected chi connectivity index (χ1v) is 7.35. The summed E-state index contributed by atoms with van der Waals surface area (Å²) >= 11 is 0. The molecule has 5 nitrogen and oxygen atoms in total. The molecule has 1 saturated carbocycles. The number of amides is 1. The Kier molecular flexibility index (Phi) is 5.20. The third kappa shape index (κ3) is 4.08. The van der Waals surface area contributed by atoms with Crippen LogP contribution in [0.4, 0.5) is 0 Å². The smallest absolute Gasteiger partial charge is 0.234 e. The van der Waals surface area contributed by atoms with Gasteiger partial charge in [0.1, 0.15) is 5.76 Å². The fourth-order valence-corrected chi connectivity index (χ4v) is 2.79. The molecule has 1 aromatic rings. The molecule has 0 bridgehead atoms. The molecule has 5 heteroatoms. The summed E-state index contributed by atoms with van der Waals surface area (Å²) in [5, 5.41) is 2.96. The molecule has 2 rings (SSSR count). The number of carbonyl (C=O) groups is 1. The summed E-state index contributed by atoms with van der Waals surface area (Å²) in [5.74, 6) is 0.816. The molecule has 1 atom stereocenters. The molecule has 0 aliphatic heterocycles. The summed E-state index contributed by atoms with van der Waals surface area (Å²) in [6.45, 7) is 2.35. The van der Waals surface area contributed by atoms with E-state index in [0.29, 0.717) is 18.6 Å². The largest absolute Gasteiger partial charge is 0.467 e. The minimum absolute atomic E-state index is 0.0336. The molecule has 1 amide bonds. The average molecular weight is 279 g/mol. The Morgan fingerprint density at radius 2 is 2.20 bits per heavy atom. The highest BCUT2D eigenvalue weighted by Crippen LogP contribution is 2.21. The first kappa shape index (κ1) is 15.1. The molecular formula is C15H25N3O2. The Bertz CT molecular complexity index is 411. The normalized spacial score (nSPS) is 24.6. The van der Waals surface area contributed by atoms with Gasteiger partial charge in [0.15, 0.2) is 0 Å². The zero-order valence-electron chi connectivity index (χ0n) is 12.3. The monoisotopic (exact) mass is 279 g/mol. The molecule has 1 aliphatic carbocycles. The second-order valence-corrected chi connectivity index (χ2v) is 5.79. The fraction of sp³-hybridized carbons (Fsp3) is 0.667. The van der Waals surface area contributed by atoms with Gasteiger partial charge in [0, 0.05) is 12.1 Å². The summed E-state index contributed by atoms with van der Waals surface area (Å²) < 4.78 is 5.29. The Balaban J connectivity index is 1.76. The fourth-order valence-electron chi connectivity index (χ4n) is 2.79. The number of rotatable bonds is 5. The molecule has 1 aliphatic rings. The van der Waals surface area contributed by atoms with E-state index >= 15 is 0 Å². The Morgan fingerprint density at radius 1 is 1.50 bits per heavy atom. The number of hydrogen-bond acceptors (Lipinski definition) is 4. The highest BCUT2D eigenvalue weighted by atomic mass is 16.3.